The van der Waals surface area contributed by atoms with Gasteiger partial charge in [0.15, 0.2) is 0 Å². The molecule has 2 heteroatoms. The molecule has 1 aromatic carbocycles. The van der Waals surface area contributed by atoms with Crippen LogP contribution in [0.3, 0.4) is 0 Å². The third kappa shape index (κ3) is 3.58. The van der Waals surface area contributed by atoms with Crippen LogP contribution < -0.4 is 0 Å². The SMILES string of the molecule is Cc1cc(C)c(C)c(CCN(C)C(C)(C)CO)c1C. The molecule has 0 amide bonds. The van der Waals surface area contributed by atoms with Crippen LogP contribution in [0.5, 0.6) is 0 Å². The Kier molecular flexibility index (Phi) is 5.17. The molecular formula is C17H29NO. The van der Waals surface area contributed by atoms with Gasteiger partial charge < -0.3 is 5.11 Å². The predicted molar refractivity (Wildman–Crippen MR) is 82.9 cm³/mol. The zero-order chi connectivity index (χ0) is 14.8. The van der Waals surface area contributed by atoms with E-state index in [9.17, 15) is 5.11 Å². The van der Waals surface area contributed by atoms with E-state index in [-0.39, 0.29) is 12.1 Å². The topological polar surface area (TPSA) is 23.5 Å². The van der Waals surface area contributed by atoms with Crippen LogP contribution in [0.25, 0.3) is 0 Å². The lowest BCUT2D eigenvalue weighted by Crippen LogP contribution is -2.45. The van der Waals surface area contributed by atoms with Crippen LogP contribution in [-0.4, -0.2) is 35.7 Å². The van der Waals surface area contributed by atoms with Crippen LogP contribution in [0.4, 0.5) is 0 Å². The van der Waals surface area contributed by atoms with Crippen LogP contribution in [-0.2, 0) is 6.42 Å². The number of nitrogens with zero attached hydrogens (tertiary/aromatic N) is 1. The number of rotatable bonds is 5. The van der Waals surface area contributed by atoms with E-state index in [1.807, 2.05) is 0 Å². The molecule has 0 aromatic heterocycles. The van der Waals surface area contributed by atoms with Crippen LogP contribution in [0.1, 0.15) is 41.7 Å². The molecule has 1 N–H and O–H groups in total. The zero-order valence-corrected chi connectivity index (χ0v) is 13.6. The van der Waals surface area contributed by atoms with Crippen molar-refractivity contribution in [2.24, 2.45) is 0 Å². The summed E-state index contributed by atoms with van der Waals surface area (Å²) in [5.74, 6) is 0. The van der Waals surface area contributed by atoms with Crippen LogP contribution in [0, 0.1) is 27.7 Å². The molecule has 0 aliphatic carbocycles. The van der Waals surface area contributed by atoms with E-state index in [0.29, 0.717) is 0 Å². The molecule has 108 valence electrons. The molecule has 0 saturated heterocycles. The molecule has 0 aliphatic rings. The van der Waals surface area contributed by atoms with Gasteiger partial charge in [0.25, 0.3) is 0 Å². The third-order valence-corrected chi connectivity index (χ3v) is 4.64. The van der Waals surface area contributed by atoms with Crippen LogP contribution in [0.2, 0.25) is 0 Å². The molecule has 0 saturated carbocycles. The van der Waals surface area contributed by atoms with Crippen molar-refractivity contribution < 1.29 is 5.11 Å². The molecule has 0 aliphatic heterocycles. The first-order valence-corrected chi connectivity index (χ1v) is 7.09. The maximum Gasteiger partial charge on any atom is 0.0609 e. The summed E-state index contributed by atoms with van der Waals surface area (Å²) in [4.78, 5) is 2.24. The summed E-state index contributed by atoms with van der Waals surface area (Å²) < 4.78 is 0. The van der Waals surface area contributed by atoms with E-state index in [1.54, 1.807) is 0 Å². The summed E-state index contributed by atoms with van der Waals surface area (Å²) in [6.07, 6.45) is 1.04. The van der Waals surface area contributed by atoms with E-state index in [4.69, 9.17) is 0 Å². The lowest BCUT2D eigenvalue weighted by atomic mass is 9.92. The van der Waals surface area contributed by atoms with Crippen molar-refractivity contribution in [3.05, 3.63) is 33.9 Å². The Hall–Kier alpha value is -0.860. The lowest BCUT2D eigenvalue weighted by Gasteiger charge is -2.34. The number of likely N-dealkylation sites (N-methyl/N-ethyl adjacent to an activating group) is 1. The largest absolute Gasteiger partial charge is 0.394 e. The molecule has 19 heavy (non-hydrogen) atoms. The summed E-state index contributed by atoms with van der Waals surface area (Å²) >= 11 is 0. The summed E-state index contributed by atoms with van der Waals surface area (Å²) in [6, 6.07) is 2.27. The summed E-state index contributed by atoms with van der Waals surface area (Å²) in [5, 5.41) is 9.42. The van der Waals surface area contributed by atoms with Crippen molar-refractivity contribution in [1.82, 2.24) is 4.90 Å². The van der Waals surface area contributed by atoms with E-state index < -0.39 is 0 Å². The second-order valence-corrected chi connectivity index (χ2v) is 6.38. The standard InChI is InChI=1S/C17H29NO/c1-12-10-13(2)15(4)16(14(12)3)8-9-18(7)17(5,6)11-19/h10,19H,8-9,11H2,1-7H3. The van der Waals surface area contributed by atoms with Crippen LogP contribution in [0.15, 0.2) is 6.07 Å². The van der Waals surface area contributed by atoms with Crippen molar-refractivity contribution in [2.45, 2.75) is 53.5 Å². The van der Waals surface area contributed by atoms with E-state index in [0.717, 1.165) is 13.0 Å². The average Bonchev–Trinajstić information content (AvgIpc) is 2.36. The quantitative estimate of drug-likeness (QED) is 0.882. The van der Waals surface area contributed by atoms with Gasteiger partial charge >= 0.3 is 0 Å². The van der Waals surface area contributed by atoms with Gasteiger partial charge in [-0.15, -0.1) is 0 Å². The van der Waals surface area contributed by atoms with Crippen LogP contribution >= 0.6 is 0 Å². The normalized spacial score (nSPS) is 12.3. The maximum absolute atomic E-state index is 9.42. The smallest absolute Gasteiger partial charge is 0.0609 e. The van der Waals surface area contributed by atoms with Gasteiger partial charge in [-0.3, -0.25) is 4.90 Å². The Morgan fingerprint density at radius 1 is 1.05 bits per heavy atom. The summed E-state index contributed by atoms with van der Waals surface area (Å²) in [6.45, 7) is 14.1. The Morgan fingerprint density at radius 2 is 1.53 bits per heavy atom. The molecule has 0 atom stereocenters. The van der Waals surface area contributed by atoms with Gasteiger partial charge in [0, 0.05) is 12.1 Å². The van der Waals surface area contributed by atoms with Crippen molar-refractivity contribution in [2.75, 3.05) is 20.2 Å². The maximum atomic E-state index is 9.42. The molecule has 1 aromatic rings. The highest BCUT2D eigenvalue weighted by molar-refractivity contribution is 5.44. The lowest BCUT2D eigenvalue weighted by molar-refractivity contribution is 0.0800. The van der Waals surface area contributed by atoms with Crippen molar-refractivity contribution in [3.63, 3.8) is 0 Å². The third-order valence-electron chi connectivity index (χ3n) is 4.64. The zero-order valence-electron chi connectivity index (χ0n) is 13.6. The Morgan fingerprint density at radius 3 is 1.95 bits per heavy atom. The van der Waals surface area contributed by atoms with Crippen molar-refractivity contribution in [1.29, 1.82) is 0 Å². The Bertz CT molecular complexity index is 423. The first-order chi connectivity index (χ1) is 8.70. The monoisotopic (exact) mass is 263 g/mol. The minimum Gasteiger partial charge on any atom is -0.394 e. The highest BCUT2D eigenvalue weighted by Crippen LogP contribution is 2.23. The molecule has 1 rings (SSSR count). The molecule has 0 heterocycles. The van der Waals surface area contributed by atoms with Gasteiger partial charge in [0.05, 0.1) is 6.61 Å². The van der Waals surface area contributed by atoms with Gasteiger partial charge in [-0.25, -0.2) is 0 Å². The fourth-order valence-corrected chi connectivity index (χ4v) is 2.38. The second-order valence-electron chi connectivity index (χ2n) is 6.38. The number of hydrogen-bond donors (Lipinski definition) is 1. The van der Waals surface area contributed by atoms with Gasteiger partial charge in [-0.1, -0.05) is 6.07 Å². The first-order valence-electron chi connectivity index (χ1n) is 7.09. The minimum atomic E-state index is -0.152. The van der Waals surface area contributed by atoms with E-state index >= 15 is 0 Å². The molecule has 0 spiro atoms. The number of aliphatic hydroxyl groups excluding tert-OH is 1. The molecular weight excluding hydrogens is 234 g/mol. The van der Waals surface area contributed by atoms with Gasteiger partial charge in [-0.05, 0) is 82.8 Å². The number of hydrogen-bond acceptors (Lipinski definition) is 2. The fraction of sp³-hybridized carbons (Fsp3) is 0.647. The van der Waals surface area contributed by atoms with E-state index in [1.165, 1.54) is 27.8 Å². The highest BCUT2D eigenvalue weighted by atomic mass is 16.3. The molecule has 0 radical (unpaired) electrons. The summed E-state index contributed by atoms with van der Waals surface area (Å²) in [7, 11) is 2.09. The number of aryl methyl sites for hydroxylation is 2. The summed E-state index contributed by atoms with van der Waals surface area (Å²) in [5.41, 5.74) is 6.90. The van der Waals surface area contributed by atoms with Gasteiger partial charge in [-0.2, -0.15) is 0 Å². The highest BCUT2D eigenvalue weighted by Gasteiger charge is 2.22. The minimum absolute atomic E-state index is 0.152. The molecule has 0 fully saturated rings. The predicted octanol–water partition coefficient (Wildman–Crippen LogP) is 3.17. The molecule has 0 bridgehead atoms. The van der Waals surface area contributed by atoms with Gasteiger partial charge in [0.2, 0.25) is 0 Å². The average molecular weight is 263 g/mol. The molecule has 0 unspecified atom stereocenters. The number of benzene rings is 1. The van der Waals surface area contributed by atoms with Gasteiger partial charge in [0.1, 0.15) is 0 Å². The van der Waals surface area contributed by atoms with Crippen molar-refractivity contribution in [3.8, 4) is 0 Å². The first kappa shape index (κ1) is 16.2. The Balaban J connectivity index is 2.90. The number of aliphatic hydroxyl groups is 1. The molecule has 2 nitrogen and oxygen atoms in total. The second kappa shape index (κ2) is 6.06. The van der Waals surface area contributed by atoms with Crippen molar-refractivity contribution >= 4 is 0 Å². The van der Waals surface area contributed by atoms with E-state index in [2.05, 4.69) is 59.6 Å². The fourth-order valence-electron chi connectivity index (χ4n) is 2.38. The Labute approximate surface area is 118 Å².